The lowest BCUT2D eigenvalue weighted by atomic mass is 10.1. The van der Waals surface area contributed by atoms with E-state index in [0.29, 0.717) is 5.88 Å². The number of aryl methyl sites for hydroxylation is 2. The zero-order valence-electron chi connectivity index (χ0n) is 12.0. The third-order valence-electron chi connectivity index (χ3n) is 3.15. The average Bonchev–Trinajstić information content (AvgIpc) is 2.43. The standard InChI is InChI=1S/C16H19BrN2O/c1-4-18-9-13-8-14(17)10-19-16(13)20-15-6-5-11(2)12(3)7-15/h5-8,10,18H,4,9H2,1-3H3. The summed E-state index contributed by atoms with van der Waals surface area (Å²) in [6, 6.07) is 8.11. The number of hydrogen-bond donors (Lipinski definition) is 1. The fraction of sp³-hybridized carbons (Fsp3) is 0.312. The molecule has 1 aromatic heterocycles. The molecule has 0 amide bonds. The van der Waals surface area contributed by atoms with Crippen molar-refractivity contribution in [3.8, 4) is 11.6 Å². The Morgan fingerprint density at radius 2 is 2.00 bits per heavy atom. The van der Waals surface area contributed by atoms with Gasteiger partial charge in [0.05, 0.1) is 0 Å². The van der Waals surface area contributed by atoms with E-state index >= 15 is 0 Å². The first-order valence-corrected chi connectivity index (χ1v) is 7.49. The summed E-state index contributed by atoms with van der Waals surface area (Å²) in [6.07, 6.45) is 1.76. The van der Waals surface area contributed by atoms with Gasteiger partial charge in [-0.2, -0.15) is 0 Å². The van der Waals surface area contributed by atoms with Crippen LogP contribution in [-0.4, -0.2) is 11.5 Å². The predicted molar refractivity (Wildman–Crippen MR) is 85.3 cm³/mol. The van der Waals surface area contributed by atoms with Crippen molar-refractivity contribution in [2.75, 3.05) is 6.54 Å². The maximum absolute atomic E-state index is 5.93. The van der Waals surface area contributed by atoms with E-state index in [2.05, 4.69) is 53.1 Å². The van der Waals surface area contributed by atoms with Crippen LogP contribution >= 0.6 is 15.9 Å². The molecule has 0 unspecified atom stereocenters. The van der Waals surface area contributed by atoms with Gasteiger partial charge in [-0.05, 0) is 65.6 Å². The molecule has 106 valence electrons. The Morgan fingerprint density at radius 3 is 2.70 bits per heavy atom. The Bertz CT molecular complexity index is 599. The van der Waals surface area contributed by atoms with Crippen molar-refractivity contribution in [1.82, 2.24) is 10.3 Å². The highest BCUT2D eigenvalue weighted by Gasteiger charge is 2.08. The topological polar surface area (TPSA) is 34.2 Å². The molecule has 0 saturated heterocycles. The highest BCUT2D eigenvalue weighted by atomic mass is 79.9. The van der Waals surface area contributed by atoms with Crippen molar-refractivity contribution in [3.63, 3.8) is 0 Å². The minimum Gasteiger partial charge on any atom is -0.439 e. The zero-order valence-corrected chi connectivity index (χ0v) is 13.6. The zero-order chi connectivity index (χ0) is 14.5. The minimum atomic E-state index is 0.650. The van der Waals surface area contributed by atoms with Crippen molar-refractivity contribution >= 4 is 15.9 Å². The molecule has 20 heavy (non-hydrogen) atoms. The summed E-state index contributed by atoms with van der Waals surface area (Å²) in [7, 11) is 0. The van der Waals surface area contributed by atoms with E-state index in [0.717, 1.165) is 28.9 Å². The Balaban J connectivity index is 2.25. The van der Waals surface area contributed by atoms with Gasteiger partial charge in [0.2, 0.25) is 5.88 Å². The van der Waals surface area contributed by atoms with Crippen molar-refractivity contribution in [2.24, 2.45) is 0 Å². The molecule has 2 rings (SSSR count). The SMILES string of the molecule is CCNCc1cc(Br)cnc1Oc1ccc(C)c(C)c1. The molecular weight excluding hydrogens is 316 g/mol. The second kappa shape index (κ2) is 6.86. The predicted octanol–water partition coefficient (Wildman–Crippen LogP) is 4.36. The summed E-state index contributed by atoms with van der Waals surface area (Å²) >= 11 is 3.45. The molecule has 0 aliphatic carbocycles. The first kappa shape index (κ1) is 15.0. The number of pyridine rings is 1. The molecule has 0 aliphatic rings. The third-order valence-corrected chi connectivity index (χ3v) is 3.58. The summed E-state index contributed by atoms with van der Waals surface area (Å²) in [5.41, 5.74) is 3.52. The average molecular weight is 335 g/mol. The first-order chi connectivity index (χ1) is 9.60. The van der Waals surface area contributed by atoms with E-state index in [1.54, 1.807) is 6.20 Å². The van der Waals surface area contributed by atoms with Gasteiger partial charge in [0.15, 0.2) is 0 Å². The number of aromatic nitrogens is 1. The normalized spacial score (nSPS) is 10.6. The molecule has 0 spiro atoms. The molecule has 0 fully saturated rings. The number of rotatable bonds is 5. The van der Waals surface area contributed by atoms with Gasteiger partial charge in [0.25, 0.3) is 0 Å². The fourth-order valence-corrected chi connectivity index (χ4v) is 2.21. The minimum absolute atomic E-state index is 0.650. The lowest BCUT2D eigenvalue weighted by Crippen LogP contribution is -2.13. The largest absolute Gasteiger partial charge is 0.439 e. The molecule has 0 bridgehead atoms. The van der Waals surface area contributed by atoms with Crippen molar-refractivity contribution in [3.05, 3.63) is 51.6 Å². The summed E-state index contributed by atoms with van der Waals surface area (Å²) < 4.78 is 6.88. The Morgan fingerprint density at radius 1 is 1.20 bits per heavy atom. The van der Waals surface area contributed by atoms with Gasteiger partial charge in [-0.1, -0.05) is 13.0 Å². The summed E-state index contributed by atoms with van der Waals surface area (Å²) in [5.74, 6) is 1.47. The number of nitrogens with zero attached hydrogens (tertiary/aromatic N) is 1. The van der Waals surface area contributed by atoms with E-state index in [1.807, 2.05) is 18.2 Å². The number of nitrogens with one attached hydrogen (secondary N) is 1. The smallest absolute Gasteiger partial charge is 0.223 e. The van der Waals surface area contributed by atoms with Crippen molar-refractivity contribution in [1.29, 1.82) is 0 Å². The highest BCUT2D eigenvalue weighted by molar-refractivity contribution is 9.10. The molecule has 4 heteroatoms. The molecule has 0 aliphatic heterocycles. The number of halogens is 1. The number of ether oxygens (including phenoxy) is 1. The Labute approximate surface area is 128 Å². The van der Waals surface area contributed by atoms with Crippen LogP contribution in [0.1, 0.15) is 23.6 Å². The van der Waals surface area contributed by atoms with E-state index in [4.69, 9.17) is 4.74 Å². The molecule has 1 aromatic carbocycles. The van der Waals surface area contributed by atoms with Gasteiger partial charge in [-0.25, -0.2) is 4.98 Å². The number of benzene rings is 1. The van der Waals surface area contributed by atoms with Crippen LogP contribution in [0.3, 0.4) is 0 Å². The van der Waals surface area contributed by atoms with Gasteiger partial charge in [-0.15, -0.1) is 0 Å². The molecule has 1 N–H and O–H groups in total. The number of hydrogen-bond acceptors (Lipinski definition) is 3. The van der Waals surface area contributed by atoms with E-state index < -0.39 is 0 Å². The van der Waals surface area contributed by atoms with Crippen LogP contribution in [0.15, 0.2) is 34.9 Å². The fourth-order valence-electron chi connectivity index (χ4n) is 1.84. The lowest BCUT2D eigenvalue weighted by molar-refractivity contribution is 0.452. The van der Waals surface area contributed by atoms with Gasteiger partial charge in [0, 0.05) is 22.8 Å². The Hall–Kier alpha value is -1.39. The van der Waals surface area contributed by atoms with Crippen molar-refractivity contribution in [2.45, 2.75) is 27.3 Å². The third kappa shape index (κ3) is 3.81. The maximum atomic E-state index is 5.93. The van der Waals surface area contributed by atoms with E-state index in [1.165, 1.54) is 11.1 Å². The monoisotopic (exact) mass is 334 g/mol. The quantitative estimate of drug-likeness (QED) is 0.881. The highest BCUT2D eigenvalue weighted by Crippen LogP contribution is 2.26. The second-order valence-corrected chi connectivity index (χ2v) is 5.66. The second-order valence-electron chi connectivity index (χ2n) is 4.75. The van der Waals surface area contributed by atoms with Crippen LogP contribution in [0.4, 0.5) is 0 Å². The molecule has 1 heterocycles. The lowest BCUT2D eigenvalue weighted by Gasteiger charge is -2.12. The van der Waals surface area contributed by atoms with E-state index in [9.17, 15) is 0 Å². The summed E-state index contributed by atoms with van der Waals surface area (Å²) in [6.45, 7) is 7.90. The molecule has 0 radical (unpaired) electrons. The van der Waals surface area contributed by atoms with Gasteiger partial charge in [0.1, 0.15) is 5.75 Å². The van der Waals surface area contributed by atoms with Crippen LogP contribution in [0.25, 0.3) is 0 Å². The van der Waals surface area contributed by atoms with Crippen LogP contribution in [0.5, 0.6) is 11.6 Å². The maximum Gasteiger partial charge on any atom is 0.223 e. The first-order valence-electron chi connectivity index (χ1n) is 6.70. The van der Waals surface area contributed by atoms with Gasteiger partial charge < -0.3 is 10.1 Å². The molecule has 0 atom stereocenters. The molecular formula is C16H19BrN2O. The van der Waals surface area contributed by atoms with Crippen LogP contribution in [0.2, 0.25) is 0 Å². The Kier molecular flexibility index (Phi) is 5.15. The van der Waals surface area contributed by atoms with Gasteiger partial charge in [-0.3, -0.25) is 0 Å². The van der Waals surface area contributed by atoms with Gasteiger partial charge >= 0.3 is 0 Å². The molecule has 3 nitrogen and oxygen atoms in total. The summed E-state index contributed by atoms with van der Waals surface area (Å²) in [5, 5.41) is 3.30. The van der Waals surface area contributed by atoms with Crippen molar-refractivity contribution < 1.29 is 4.74 Å². The van der Waals surface area contributed by atoms with Crippen LogP contribution < -0.4 is 10.1 Å². The molecule has 2 aromatic rings. The van der Waals surface area contributed by atoms with E-state index in [-0.39, 0.29) is 0 Å². The van der Waals surface area contributed by atoms with Crippen LogP contribution in [0, 0.1) is 13.8 Å². The molecule has 0 saturated carbocycles. The summed E-state index contributed by atoms with van der Waals surface area (Å²) in [4.78, 5) is 4.37. The van der Waals surface area contributed by atoms with Crippen LogP contribution in [-0.2, 0) is 6.54 Å².